The molecule has 0 amide bonds. The first-order valence-corrected chi connectivity index (χ1v) is 6.52. The summed E-state index contributed by atoms with van der Waals surface area (Å²) in [6.07, 6.45) is 2.62. The minimum absolute atomic E-state index is 0.0221. The summed E-state index contributed by atoms with van der Waals surface area (Å²) in [5.74, 6) is 0.0861. The monoisotopic (exact) mass is 273 g/mol. The smallest absolute Gasteiger partial charge is 0.221 e. The summed E-state index contributed by atoms with van der Waals surface area (Å²) in [6.45, 7) is 0. The number of nitrogens with two attached hydrogens (primary N) is 1. The predicted molar refractivity (Wildman–Crippen MR) is 65.9 cm³/mol. The van der Waals surface area contributed by atoms with Gasteiger partial charge in [-0.05, 0) is 0 Å². The lowest BCUT2D eigenvalue weighted by atomic mass is 10.2. The van der Waals surface area contributed by atoms with Crippen molar-refractivity contribution in [2.45, 2.75) is 5.03 Å². The molecular formula is C11H7N5O2S. The summed E-state index contributed by atoms with van der Waals surface area (Å²) in [7, 11) is -1.49. The first-order valence-electron chi connectivity index (χ1n) is 4.97. The molecule has 0 radical (unpaired) electrons. The Balaban J connectivity index is 2.73. The summed E-state index contributed by atoms with van der Waals surface area (Å²) in [4.78, 5) is 7.71. The molecule has 2 rings (SSSR count). The maximum Gasteiger partial charge on any atom is 0.221 e. The molecule has 2 heterocycles. The van der Waals surface area contributed by atoms with Crippen molar-refractivity contribution in [3.8, 4) is 23.6 Å². The maximum atomic E-state index is 11.6. The average Bonchev–Trinajstić information content (AvgIpc) is 2.86. The number of aromatic nitrogens is 2. The van der Waals surface area contributed by atoms with Gasteiger partial charge in [0, 0.05) is 12.3 Å². The number of nitrogen functional groups attached to an aromatic ring is 1. The Kier molecular flexibility index (Phi) is 3.27. The fourth-order valence-electron chi connectivity index (χ4n) is 1.46. The van der Waals surface area contributed by atoms with Crippen LogP contribution in [-0.4, -0.2) is 20.4 Å². The quantitative estimate of drug-likeness (QED) is 0.800. The molecule has 0 saturated carbocycles. The van der Waals surface area contributed by atoms with Crippen LogP contribution >= 0.6 is 0 Å². The van der Waals surface area contributed by atoms with Crippen LogP contribution in [0, 0.1) is 22.7 Å². The van der Waals surface area contributed by atoms with Crippen molar-refractivity contribution in [3.05, 3.63) is 23.5 Å². The highest BCUT2D eigenvalue weighted by molar-refractivity contribution is 7.84. The third-order valence-corrected chi connectivity index (χ3v) is 3.08. The van der Waals surface area contributed by atoms with E-state index in [1.165, 1.54) is 18.6 Å². The third-order valence-electron chi connectivity index (χ3n) is 2.24. The van der Waals surface area contributed by atoms with Crippen molar-refractivity contribution in [2.75, 3.05) is 12.0 Å². The highest BCUT2D eigenvalue weighted by atomic mass is 32.2. The Morgan fingerprint density at radius 2 is 2.11 bits per heavy atom. The number of nitriles is 2. The fraction of sp³-hybridized carbons (Fsp3) is 0.0909. The molecule has 1 unspecified atom stereocenters. The molecule has 1 atom stereocenters. The number of rotatable bonds is 2. The Morgan fingerprint density at radius 1 is 1.37 bits per heavy atom. The van der Waals surface area contributed by atoms with Gasteiger partial charge in [0.15, 0.2) is 10.8 Å². The molecule has 7 nitrogen and oxygen atoms in total. The molecule has 0 aliphatic heterocycles. The predicted octanol–water partition coefficient (Wildman–Crippen LogP) is 0.800. The zero-order valence-electron chi connectivity index (χ0n) is 9.75. The second-order valence-corrected chi connectivity index (χ2v) is 4.78. The number of nitrogens with zero attached hydrogens (tertiary/aromatic N) is 4. The van der Waals surface area contributed by atoms with E-state index < -0.39 is 10.8 Å². The van der Waals surface area contributed by atoms with Crippen LogP contribution in [0.1, 0.15) is 11.1 Å². The minimum Gasteiger partial charge on any atom is -0.461 e. The van der Waals surface area contributed by atoms with Crippen molar-refractivity contribution < 1.29 is 8.63 Å². The molecule has 0 saturated heterocycles. The van der Waals surface area contributed by atoms with Gasteiger partial charge in [-0.1, -0.05) is 0 Å². The summed E-state index contributed by atoms with van der Waals surface area (Å²) >= 11 is 0. The molecule has 0 aliphatic carbocycles. The molecule has 94 valence electrons. The Bertz CT molecular complexity index is 753. The fourth-order valence-corrected chi connectivity index (χ4v) is 2.11. The van der Waals surface area contributed by atoms with Crippen molar-refractivity contribution in [2.24, 2.45) is 0 Å². The minimum atomic E-state index is -1.49. The zero-order valence-corrected chi connectivity index (χ0v) is 10.6. The molecule has 0 bridgehead atoms. The zero-order chi connectivity index (χ0) is 14.0. The van der Waals surface area contributed by atoms with Gasteiger partial charge < -0.3 is 10.2 Å². The summed E-state index contributed by atoms with van der Waals surface area (Å²) in [5.41, 5.74) is 5.96. The van der Waals surface area contributed by atoms with E-state index in [4.69, 9.17) is 20.7 Å². The lowest BCUT2D eigenvalue weighted by Gasteiger charge is -2.05. The largest absolute Gasteiger partial charge is 0.461 e. The number of furan rings is 1. The van der Waals surface area contributed by atoms with E-state index in [1.807, 2.05) is 12.1 Å². The van der Waals surface area contributed by atoms with Crippen molar-refractivity contribution in [1.29, 1.82) is 10.5 Å². The molecule has 2 aromatic rings. The number of anilines is 1. The van der Waals surface area contributed by atoms with Crippen molar-refractivity contribution in [1.82, 2.24) is 9.97 Å². The van der Waals surface area contributed by atoms with Gasteiger partial charge in [0.1, 0.15) is 29.7 Å². The van der Waals surface area contributed by atoms with Crippen molar-refractivity contribution in [3.63, 3.8) is 0 Å². The van der Waals surface area contributed by atoms with Gasteiger partial charge in [0.25, 0.3) is 0 Å². The summed E-state index contributed by atoms with van der Waals surface area (Å²) in [5, 5.41) is 17.9. The van der Waals surface area contributed by atoms with Gasteiger partial charge in [0.05, 0.1) is 16.4 Å². The lowest BCUT2D eigenvalue weighted by molar-refractivity contribution is 0.578. The molecule has 2 aromatic heterocycles. The molecule has 0 fully saturated rings. The highest BCUT2D eigenvalue weighted by Gasteiger charge is 2.19. The van der Waals surface area contributed by atoms with Crippen LogP contribution in [0.4, 0.5) is 5.95 Å². The van der Waals surface area contributed by atoms with Crippen LogP contribution in [0.2, 0.25) is 0 Å². The van der Waals surface area contributed by atoms with E-state index in [9.17, 15) is 4.21 Å². The summed E-state index contributed by atoms with van der Waals surface area (Å²) < 4.78 is 16.7. The van der Waals surface area contributed by atoms with Crippen LogP contribution in [0.3, 0.4) is 0 Å². The van der Waals surface area contributed by atoms with E-state index in [1.54, 1.807) is 0 Å². The van der Waals surface area contributed by atoms with Crippen LogP contribution < -0.4 is 5.73 Å². The first kappa shape index (κ1) is 12.7. The van der Waals surface area contributed by atoms with E-state index in [0.717, 1.165) is 0 Å². The van der Waals surface area contributed by atoms with Crippen molar-refractivity contribution >= 4 is 16.7 Å². The van der Waals surface area contributed by atoms with Crippen LogP contribution in [0.15, 0.2) is 21.8 Å². The van der Waals surface area contributed by atoms with E-state index >= 15 is 0 Å². The third kappa shape index (κ3) is 2.30. The molecule has 0 spiro atoms. The second kappa shape index (κ2) is 4.88. The van der Waals surface area contributed by atoms with Gasteiger partial charge >= 0.3 is 0 Å². The van der Waals surface area contributed by atoms with E-state index in [-0.39, 0.29) is 33.6 Å². The van der Waals surface area contributed by atoms with Gasteiger partial charge in [-0.15, -0.1) is 0 Å². The van der Waals surface area contributed by atoms with Crippen LogP contribution in [0.5, 0.6) is 0 Å². The molecule has 0 aromatic carbocycles. The maximum absolute atomic E-state index is 11.6. The number of hydrogen-bond acceptors (Lipinski definition) is 7. The molecule has 2 N–H and O–H groups in total. The topological polar surface area (TPSA) is 130 Å². The van der Waals surface area contributed by atoms with Gasteiger partial charge in [0.2, 0.25) is 5.95 Å². The SMILES string of the molecule is CS(=O)c1nc(N)nc(-c2cc(C#N)co2)c1C#N. The molecular weight excluding hydrogens is 266 g/mol. The molecule has 0 aliphatic rings. The molecule has 8 heteroatoms. The number of hydrogen-bond donors (Lipinski definition) is 1. The average molecular weight is 273 g/mol. The molecule has 19 heavy (non-hydrogen) atoms. The Morgan fingerprint density at radius 3 is 2.63 bits per heavy atom. The Hall–Kier alpha value is -2.71. The lowest BCUT2D eigenvalue weighted by Crippen LogP contribution is -2.06. The van der Waals surface area contributed by atoms with Crippen LogP contribution in [0.25, 0.3) is 11.5 Å². The van der Waals surface area contributed by atoms with Crippen LogP contribution in [-0.2, 0) is 10.8 Å². The second-order valence-electron chi connectivity index (χ2n) is 3.49. The van der Waals surface area contributed by atoms with Gasteiger partial charge in [-0.25, -0.2) is 9.97 Å². The summed E-state index contributed by atoms with van der Waals surface area (Å²) in [6, 6.07) is 5.20. The van der Waals surface area contributed by atoms with Gasteiger partial charge in [-0.2, -0.15) is 10.5 Å². The Labute approximate surface area is 110 Å². The van der Waals surface area contributed by atoms with Gasteiger partial charge in [-0.3, -0.25) is 4.21 Å². The van der Waals surface area contributed by atoms with E-state index in [0.29, 0.717) is 0 Å². The van der Waals surface area contributed by atoms with E-state index in [2.05, 4.69) is 9.97 Å². The first-order chi connectivity index (χ1) is 9.06. The highest BCUT2D eigenvalue weighted by Crippen LogP contribution is 2.26. The standard InChI is InChI=1S/C11H7N5O2S/c1-19(17)10-7(4-13)9(15-11(14)16-10)8-2-6(3-12)5-18-8/h2,5H,1H3,(H2,14,15,16). The normalized spacial score (nSPS) is 11.5.